The topological polar surface area (TPSA) is 47.3 Å². The van der Waals surface area contributed by atoms with Crippen LogP contribution in [0, 0.1) is 5.82 Å². The molecule has 1 heterocycles. The number of halogens is 1. The molecule has 0 atom stereocenters. The summed E-state index contributed by atoms with van der Waals surface area (Å²) in [5, 5.41) is 10.2. The Labute approximate surface area is 128 Å². The van der Waals surface area contributed by atoms with Crippen LogP contribution in [0.5, 0.6) is 0 Å². The minimum atomic E-state index is -0.252. The number of ether oxygens (including phenoxy) is 1. The highest BCUT2D eigenvalue weighted by Crippen LogP contribution is 2.20. The van der Waals surface area contributed by atoms with Crippen molar-refractivity contribution < 1.29 is 14.2 Å². The van der Waals surface area contributed by atoms with E-state index in [9.17, 15) is 9.50 Å². The number of hydrogen-bond donors (Lipinski definition) is 1. The molecule has 0 aliphatic rings. The summed E-state index contributed by atoms with van der Waals surface area (Å²) in [6.07, 6.45) is 1.67. The minimum absolute atomic E-state index is 0.0692. The molecule has 0 aliphatic heterocycles. The van der Waals surface area contributed by atoms with Gasteiger partial charge in [0.05, 0.1) is 25.1 Å². The Balaban J connectivity index is 2.08. The van der Waals surface area contributed by atoms with Gasteiger partial charge < -0.3 is 14.4 Å². The van der Waals surface area contributed by atoms with E-state index in [1.54, 1.807) is 30.1 Å². The van der Waals surface area contributed by atoms with Crippen molar-refractivity contribution in [3.8, 4) is 0 Å². The zero-order valence-electron chi connectivity index (χ0n) is 12.0. The number of rotatable bonds is 8. The number of thioether (sulfide) groups is 1. The zero-order chi connectivity index (χ0) is 15.1. The highest BCUT2D eigenvalue weighted by atomic mass is 32.2. The molecule has 0 radical (unpaired) electrons. The lowest BCUT2D eigenvalue weighted by molar-refractivity contribution is 0.164. The van der Waals surface area contributed by atoms with Crippen molar-refractivity contribution in [2.45, 2.75) is 25.2 Å². The third kappa shape index (κ3) is 4.56. The Kier molecular flexibility index (Phi) is 6.22. The van der Waals surface area contributed by atoms with Gasteiger partial charge >= 0.3 is 0 Å². The van der Waals surface area contributed by atoms with Crippen molar-refractivity contribution in [2.75, 3.05) is 19.0 Å². The molecule has 0 saturated heterocycles. The van der Waals surface area contributed by atoms with E-state index >= 15 is 0 Å². The molecular formula is C15H19FN2O2S. The van der Waals surface area contributed by atoms with Crippen molar-refractivity contribution in [3.63, 3.8) is 0 Å². The molecule has 0 unspecified atom stereocenters. The summed E-state index contributed by atoms with van der Waals surface area (Å²) in [5.74, 6) is 0.553. The van der Waals surface area contributed by atoms with Crippen LogP contribution in [0.1, 0.15) is 18.2 Å². The molecular weight excluding hydrogens is 291 g/mol. The molecule has 0 saturated carbocycles. The lowest BCUT2D eigenvalue weighted by Gasteiger charge is -2.11. The average molecular weight is 310 g/mol. The van der Waals surface area contributed by atoms with Crippen LogP contribution in [0.25, 0.3) is 0 Å². The normalized spacial score (nSPS) is 11.0. The van der Waals surface area contributed by atoms with E-state index in [0.29, 0.717) is 19.8 Å². The van der Waals surface area contributed by atoms with Crippen LogP contribution in [0.3, 0.4) is 0 Å². The van der Waals surface area contributed by atoms with Gasteiger partial charge in [-0.25, -0.2) is 9.37 Å². The number of nitrogens with zero attached hydrogens (tertiary/aromatic N) is 2. The summed E-state index contributed by atoms with van der Waals surface area (Å²) >= 11 is 1.59. The number of aliphatic hydroxyl groups excluding tert-OH is 1. The van der Waals surface area contributed by atoms with Crippen molar-refractivity contribution in [3.05, 3.63) is 47.5 Å². The first-order valence-electron chi connectivity index (χ1n) is 6.84. The van der Waals surface area contributed by atoms with Crippen LogP contribution >= 0.6 is 11.8 Å². The number of aliphatic hydroxyl groups is 1. The molecule has 1 aromatic heterocycles. The van der Waals surface area contributed by atoms with Crippen molar-refractivity contribution in [2.24, 2.45) is 0 Å². The lowest BCUT2D eigenvalue weighted by Crippen LogP contribution is -2.07. The first-order valence-corrected chi connectivity index (χ1v) is 7.83. The van der Waals surface area contributed by atoms with Gasteiger partial charge in [-0.15, -0.1) is 0 Å². The van der Waals surface area contributed by atoms with Gasteiger partial charge in [-0.05, 0) is 24.6 Å². The number of aromatic nitrogens is 2. The van der Waals surface area contributed by atoms with Crippen molar-refractivity contribution in [1.82, 2.24) is 9.55 Å². The fourth-order valence-corrected chi connectivity index (χ4v) is 2.76. The second-order valence-corrected chi connectivity index (χ2v) is 5.51. The summed E-state index contributed by atoms with van der Waals surface area (Å²) in [4.78, 5) is 4.33. The van der Waals surface area contributed by atoms with Gasteiger partial charge in [0.1, 0.15) is 5.82 Å². The quantitative estimate of drug-likeness (QED) is 0.601. The third-order valence-corrected chi connectivity index (χ3v) is 3.94. The van der Waals surface area contributed by atoms with E-state index in [4.69, 9.17) is 4.74 Å². The first-order chi connectivity index (χ1) is 10.2. The van der Waals surface area contributed by atoms with Crippen LogP contribution in [0.15, 0.2) is 35.6 Å². The van der Waals surface area contributed by atoms with Crippen LogP contribution in [0.4, 0.5) is 4.39 Å². The Morgan fingerprint density at radius 3 is 2.76 bits per heavy atom. The first kappa shape index (κ1) is 16.0. The van der Waals surface area contributed by atoms with E-state index in [1.165, 1.54) is 12.1 Å². The van der Waals surface area contributed by atoms with Gasteiger partial charge in [0.25, 0.3) is 0 Å². The Morgan fingerprint density at radius 2 is 2.10 bits per heavy atom. The fraction of sp³-hybridized carbons (Fsp3) is 0.400. The molecule has 0 bridgehead atoms. The standard InChI is InChI=1S/C15H19FN2O2S/c1-2-20-7-8-21-15-17-9-14(11-19)18(15)10-12-3-5-13(16)6-4-12/h3-6,9,19H,2,7-8,10-11H2,1H3. The monoisotopic (exact) mass is 310 g/mol. The summed E-state index contributed by atoms with van der Waals surface area (Å²) in [6.45, 7) is 3.82. The van der Waals surface area contributed by atoms with E-state index in [1.807, 2.05) is 11.5 Å². The number of benzene rings is 1. The van der Waals surface area contributed by atoms with Gasteiger partial charge in [0, 0.05) is 18.9 Å². The summed E-state index contributed by atoms with van der Waals surface area (Å²) in [6, 6.07) is 6.36. The molecule has 0 amide bonds. The van der Waals surface area contributed by atoms with Gasteiger partial charge in [0.15, 0.2) is 5.16 Å². The molecule has 0 fully saturated rings. The van der Waals surface area contributed by atoms with E-state index < -0.39 is 0 Å². The van der Waals surface area contributed by atoms with Crippen molar-refractivity contribution in [1.29, 1.82) is 0 Å². The molecule has 0 spiro atoms. The largest absolute Gasteiger partial charge is 0.390 e. The Hall–Kier alpha value is -1.37. The summed E-state index contributed by atoms with van der Waals surface area (Å²) in [5.41, 5.74) is 1.72. The maximum atomic E-state index is 13.0. The highest BCUT2D eigenvalue weighted by molar-refractivity contribution is 7.99. The Morgan fingerprint density at radius 1 is 1.33 bits per heavy atom. The van der Waals surface area contributed by atoms with E-state index in [-0.39, 0.29) is 12.4 Å². The molecule has 2 rings (SSSR count). The SMILES string of the molecule is CCOCCSc1ncc(CO)n1Cc1ccc(F)cc1. The predicted octanol–water partition coefficient (Wildman–Crippen LogP) is 2.69. The average Bonchev–Trinajstić information content (AvgIpc) is 2.88. The summed E-state index contributed by atoms with van der Waals surface area (Å²) in [7, 11) is 0. The maximum Gasteiger partial charge on any atom is 0.168 e. The van der Waals surface area contributed by atoms with Gasteiger partial charge in [-0.1, -0.05) is 23.9 Å². The van der Waals surface area contributed by atoms with Crippen LogP contribution in [-0.2, 0) is 17.9 Å². The lowest BCUT2D eigenvalue weighted by atomic mass is 10.2. The molecule has 21 heavy (non-hydrogen) atoms. The maximum absolute atomic E-state index is 13.0. The minimum Gasteiger partial charge on any atom is -0.390 e. The van der Waals surface area contributed by atoms with Crippen LogP contribution < -0.4 is 0 Å². The molecule has 1 aromatic carbocycles. The van der Waals surface area contributed by atoms with E-state index in [0.717, 1.165) is 22.2 Å². The molecule has 6 heteroatoms. The van der Waals surface area contributed by atoms with Crippen LogP contribution in [0.2, 0.25) is 0 Å². The molecule has 4 nitrogen and oxygen atoms in total. The fourth-order valence-electron chi connectivity index (χ4n) is 1.91. The zero-order valence-corrected chi connectivity index (χ0v) is 12.8. The van der Waals surface area contributed by atoms with Gasteiger partial charge in [0.2, 0.25) is 0 Å². The highest BCUT2D eigenvalue weighted by Gasteiger charge is 2.10. The van der Waals surface area contributed by atoms with Crippen LogP contribution in [-0.4, -0.2) is 33.6 Å². The number of hydrogen-bond acceptors (Lipinski definition) is 4. The smallest absolute Gasteiger partial charge is 0.168 e. The molecule has 2 aromatic rings. The van der Waals surface area contributed by atoms with Gasteiger partial charge in [-0.2, -0.15) is 0 Å². The molecule has 114 valence electrons. The second kappa shape index (κ2) is 8.17. The van der Waals surface area contributed by atoms with Gasteiger partial charge in [-0.3, -0.25) is 0 Å². The second-order valence-electron chi connectivity index (χ2n) is 4.45. The number of imidazole rings is 1. The Bertz CT molecular complexity index is 557. The predicted molar refractivity (Wildman–Crippen MR) is 80.9 cm³/mol. The van der Waals surface area contributed by atoms with Crippen molar-refractivity contribution >= 4 is 11.8 Å². The molecule has 1 N–H and O–H groups in total. The van der Waals surface area contributed by atoms with E-state index in [2.05, 4.69) is 4.98 Å². The molecule has 0 aliphatic carbocycles. The summed E-state index contributed by atoms with van der Waals surface area (Å²) < 4.78 is 20.2. The third-order valence-electron chi connectivity index (χ3n) is 2.98.